The van der Waals surface area contributed by atoms with E-state index in [0.717, 1.165) is 34.6 Å². The van der Waals surface area contributed by atoms with Crippen molar-refractivity contribution < 1.29 is 28.4 Å². The quantitative estimate of drug-likeness (QED) is 0.477. The number of fused-ring (bicyclic) bond motifs is 3. The molecule has 182 valence electrons. The number of methoxy groups -OCH3 is 5. The van der Waals surface area contributed by atoms with Crippen LogP contribution in [-0.4, -0.2) is 46.3 Å². The molecular formula is C27H28N2O6. The predicted octanol–water partition coefficient (Wildman–Crippen LogP) is 4.97. The molecule has 2 unspecified atom stereocenters. The molecule has 0 saturated carbocycles. The van der Waals surface area contributed by atoms with Gasteiger partial charge in [0.1, 0.15) is 5.75 Å². The van der Waals surface area contributed by atoms with Gasteiger partial charge in [-0.25, -0.2) is 5.01 Å². The number of hydrogen-bond acceptors (Lipinski definition) is 8. The number of ether oxygens (including phenoxy) is 6. The first-order valence-electron chi connectivity index (χ1n) is 11.3. The number of para-hydroxylation sites is 1. The maximum Gasteiger partial charge on any atom is 0.214 e. The zero-order valence-electron chi connectivity index (χ0n) is 20.4. The predicted molar refractivity (Wildman–Crippen MR) is 131 cm³/mol. The van der Waals surface area contributed by atoms with Crippen LogP contribution in [-0.2, 0) is 0 Å². The summed E-state index contributed by atoms with van der Waals surface area (Å²) < 4.78 is 34.1. The van der Waals surface area contributed by atoms with E-state index in [1.807, 2.05) is 53.5 Å². The van der Waals surface area contributed by atoms with Crippen LogP contribution in [0.25, 0.3) is 0 Å². The molecule has 2 aliphatic heterocycles. The van der Waals surface area contributed by atoms with Gasteiger partial charge in [0.15, 0.2) is 23.0 Å². The molecule has 35 heavy (non-hydrogen) atoms. The van der Waals surface area contributed by atoms with Gasteiger partial charge in [0, 0.05) is 23.1 Å². The fraction of sp³-hybridized carbons (Fsp3) is 0.296. The highest BCUT2D eigenvalue weighted by Gasteiger charge is 2.41. The number of nitrogens with zero attached hydrogens (tertiary/aromatic N) is 2. The molecule has 0 aliphatic carbocycles. The standard InChI is InChI=1S/C27H28N2O6/c1-30-22-11-10-16(12-23(22)31-2)19-15-20-18-8-6-7-9-21(18)35-27(29(20)28-19)17-13-24(32-3)26(34-5)25(14-17)33-4/h6-14,20,27H,15H2,1-5H3. The van der Waals surface area contributed by atoms with Gasteiger partial charge in [0.05, 0.1) is 47.3 Å². The molecule has 5 rings (SSSR count). The Labute approximate surface area is 204 Å². The first-order valence-corrected chi connectivity index (χ1v) is 11.3. The van der Waals surface area contributed by atoms with E-state index >= 15 is 0 Å². The van der Waals surface area contributed by atoms with Crippen LogP contribution < -0.4 is 28.4 Å². The Bertz CT molecular complexity index is 1250. The van der Waals surface area contributed by atoms with Gasteiger partial charge in [-0.3, -0.25) is 0 Å². The summed E-state index contributed by atoms with van der Waals surface area (Å²) in [5.74, 6) is 3.82. The number of hydrazone groups is 1. The average Bonchev–Trinajstić information content (AvgIpc) is 3.37. The molecule has 0 aromatic heterocycles. The van der Waals surface area contributed by atoms with Crippen molar-refractivity contribution in [3.63, 3.8) is 0 Å². The first-order chi connectivity index (χ1) is 17.1. The highest BCUT2D eigenvalue weighted by atomic mass is 16.5. The van der Waals surface area contributed by atoms with E-state index in [0.29, 0.717) is 28.7 Å². The number of rotatable bonds is 7. The molecular weight excluding hydrogens is 448 g/mol. The van der Waals surface area contributed by atoms with Gasteiger partial charge in [0.2, 0.25) is 12.0 Å². The summed E-state index contributed by atoms with van der Waals surface area (Å²) in [4.78, 5) is 0. The lowest BCUT2D eigenvalue weighted by molar-refractivity contribution is -0.0192. The van der Waals surface area contributed by atoms with Crippen LogP contribution in [0.3, 0.4) is 0 Å². The van der Waals surface area contributed by atoms with E-state index in [2.05, 4.69) is 6.07 Å². The van der Waals surface area contributed by atoms with Crippen molar-refractivity contribution in [2.45, 2.75) is 18.7 Å². The fourth-order valence-corrected chi connectivity index (χ4v) is 4.69. The Hall–Kier alpha value is -4.07. The van der Waals surface area contributed by atoms with Crippen molar-refractivity contribution >= 4 is 5.71 Å². The third-order valence-electron chi connectivity index (χ3n) is 6.39. The molecule has 0 radical (unpaired) electrons. The van der Waals surface area contributed by atoms with Crippen molar-refractivity contribution in [1.82, 2.24) is 5.01 Å². The van der Waals surface area contributed by atoms with Crippen molar-refractivity contribution in [2.24, 2.45) is 5.10 Å². The second-order valence-electron chi connectivity index (χ2n) is 8.18. The van der Waals surface area contributed by atoms with E-state index in [1.54, 1.807) is 35.5 Å². The van der Waals surface area contributed by atoms with E-state index in [9.17, 15) is 0 Å². The van der Waals surface area contributed by atoms with Crippen molar-refractivity contribution in [3.05, 3.63) is 71.3 Å². The Morgan fingerprint density at radius 1 is 0.771 bits per heavy atom. The summed E-state index contributed by atoms with van der Waals surface area (Å²) in [5.41, 5.74) is 3.85. The molecule has 8 nitrogen and oxygen atoms in total. The van der Waals surface area contributed by atoms with E-state index in [1.165, 1.54) is 0 Å². The SMILES string of the molecule is COc1ccc(C2=NN3C(C2)c2ccccc2OC3c2cc(OC)c(OC)c(OC)c2)cc1OC. The smallest absolute Gasteiger partial charge is 0.214 e. The van der Waals surface area contributed by atoms with Crippen LogP contribution in [0.4, 0.5) is 0 Å². The van der Waals surface area contributed by atoms with Gasteiger partial charge in [0.25, 0.3) is 0 Å². The van der Waals surface area contributed by atoms with Gasteiger partial charge >= 0.3 is 0 Å². The highest BCUT2D eigenvalue weighted by Crippen LogP contribution is 2.49. The lowest BCUT2D eigenvalue weighted by atomic mass is 9.95. The minimum atomic E-state index is -0.485. The molecule has 2 atom stereocenters. The first kappa shape index (κ1) is 22.7. The highest BCUT2D eigenvalue weighted by molar-refractivity contribution is 6.02. The largest absolute Gasteiger partial charge is 0.493 e. The monoisotopic (exact) mass is 476 g/mol. The van der Waals surface area contributed by atoms with Gasteiger partial charge in [-0.1, -0.05) is 18.2 Å². The molecule has 2 aliphatic rings. The molecule has 2 heterocycles. The lowest BCUT2D eigenvalue weighted by Gasteiger charge is -2.38. The summed E-state index contributed by atoms with van der Waals surface area (Å²) in [5, 5.41) is 7.05. The Morgan fingerprint density at radius 3 is 2.11 bits per heavy atom. The van der Waals surface area contributed by atoms with Crippen LogP contribution in [0.2, 0.25) is 0 Å². The third-order valence-corrected chi connectivity index (χ3v) is 6.39. The minimum Gasteiger partial charge on any atom is -0.493 e. The molecule has 0 spiro atoms. The summed E-state index contributed by atoms with van der Waals surface area (Å²) in [6.45, 7) is 0. The molecule has 3 aromatic rings. The molecule has 0 fully saturated rings. The average molecular weight is 477 g/mol. The van der Waals surface area contributed by atoms with Crippen LogP contribution in [0.15, 0.2) is 59.7 Å². The van der Waals surface area contributed by atoms with E-state index in [-0.39, 0.29) is 6.04 Å². The second kappa shape index (κ2) is 9.29. The van der Waals surface area contributed by atoms with Crippen molar-refractivity contribution in [3.8, 4) is 34.5 Å². The van der Waals surface area contributed by atoms with Crippen LogP contribution >= 0.6 is 0 Å². The van der Waals surface area contributed by atoms with Crippen LogP contribution in [0.5, 0.6) is 34.5 Å². The fourth-order valence-electron chi connectivity index (χ4n) is 4.69. The topological polar surface area (TPSA) is 71.0 Å². The summed E-state index contributed by atoms with van der Waals surface area (Å²) in [6, 6.07) is 17.7. The molecule has 0 amide bonds. The minimum absolute atomic E-state index is 0.00661. The van der Waals surface area contributed by atoms with E-state index < -0.39 is 6.23 Å². The maximum atomic E-state index is 6.49. The Morgan fingerprint density at radius 2 is 1.46 bits per heavy atom. The zero-order chi connectivity index (χ0) is 24.5. The number of benzene rings is 3. The van der Waals surface area contributed by atoms with Gasteiger partial charge < -0.3 is 28.4 Å². The summed E-state index contributed by atoms with van der Waals surface area (Å²) in [7, 11) is 8.05. The Kier molecular flexibility index (Phi) is 6.03. The third kappa shape index (κ3) is 3.84. The second-order valence-corrected chi connectivity index (χ2v) is 8.18. The normalized spacial score (nSPS) is 18.1. The lowest BCUT2D eigenvalue weighted by Crippen LogP contribution is -2.33. The van der Waals surface area contributed by atoms with E-state index in [4.69, 9.17) is 33.5 Å². The zero-order valence-corrected chi connectivity index (χ0v) is 20.4. The maximum absolute atomic E-state index is 6.49. The molecule has 0 N–H and O–H groups in total. The summed E-state index contributed by atoms with van der Waals surface area (Å²) in [6.07, 6.45) is 0.234. The Balaban J connectivity index is 1.61. The number of hydrogen-bond donors (Lipinski definition) is 0. The molecule has 0 saturated heterocycles. The van der Waals surface area contributed by atoms with Gasteiger partial charge in [-0.15, -0.1) is 0 Å². The van der Waals surface area contributed by atoms with Gasteiger partial charge in [-0.05, 0) is 36.4 Å². The van der Waals surface area contributed by atoms with Crippen molar-refractivity contribution in [1.29, 1.82) is 0 Å². The molecule has 3 aromatic carbocycles. The van der Waals surface area contributed by atoms with Crippen LogP contribution in [0.1, 0.15) is 35.4 Å². The molecule has 0 bridgehead atoms. The van der Waals surface area contributed by atoms with Crippen molar-refractivity contribution in [2.75, 3.05) is 35.5 Å². The summed E-state index contributed by atoms with van der Waals surface area (Å²) >= 11 is 0. The van der Waals surface area contributed by atoms with Gasteiger partial charge in [-0.2, -0.15) is 5.10 Å². The van der Waals surface area contributed by atoms with Crippen LogP contribution in [0, 0.1) is 0 Å². The molecule has 8 heteroatoms.